The zero-order valence-corrected chi connectivity index (χ0v) is 20.1. The van der Waals surface area contributed by atoms with E-state index in [9.17, 15) is 4.79 Å². The zero-order chi connectivity index (χ0) is 24.8. The summed E-state index contributed by atoms with van der Waals surface area (Å²) in [4.78, 5) is 22.6. The van der Waals surface area contributed by atoms with Crippen LogP contribution in [0, 0.1) is 0 Å². The Balaban J connectivity index is 1.69. The maximum absolute atomic E-state index is 11.0. The maximum Gasteiger partial charge on any atom is 0.231 e. The van der Waals surface area contributed by atoms with E-state index in [1.807, 2.05) is 49.6 Å². The van der Waals surface area contributed by atoms with Crippen LogP contribution in [0.25, 0.3) is 22.3 Å². The molecule has 3 N–H and O–H groups in total. The molecule has 4 aromatic rings. The summed E-state index contributed by atoms with van der Waals surface area (Å²) in [7, 11) is 5.12. The number of hydrogen-bond acceptors (Lipinski definition) is 8. The van der Waals surface area contributed by atoms with Crippen LogP contribution < -0.4 is 25.4 Å². The van der Waals surface area contributed by atoms with Crippen molar-refractivity contribution in [3.63, 3.8) is 0 Å². The van der Waals surface area contributed by atoms with Gasteiger partial charge in [0.25, 0.3) is 0 Å². The fourth-order valence-electron chi connectivity index (χ4n) is 3.79. The lowest BCUT2D eigenvalue weighted by atomic mass is 10.1. The summed E-state index contributed by atoms with van der Waals surface area (Å²) in [5.41, 5.74) is 10.3. The first-order valence-corrected chi connectivity index (χ1v) is 11.2. The number of nitrogens with zero attached hydrogens (tertiary/aromatic N) is 5. The Morgan fingerprint density at radius 1 is 1.06 bits per heavy atom. The zero-order valence-electron chi connectivity index (χ0n) is 20.1. The number of primary amides is 1. The molecule has 0 aliphatic rings. The highest BCUT2D eigenvalue weighted by atomic mass is 16.5. The van der Waals surface area contributed by atoms with Crippen molar-refractivity contribution in [2.24, 2.45) is 12.8 Å². The normalized spacial score (nSPS) is 10.9. The summed E-state index contributed by atoms with van der Waals surface area (Å²) in [6.45, 7) is 1.46. The van der Waals surface area contributed by atoms with Crippen LogP contribution >= 0.6 is 0 Å². The second-order valence-corrected chi connectivity index (χ2v) is 8.05. The van der Waals surface area contributed by atoms with E-state index in [-0.39, 0.29) is 12.5 Å². The smallest absolute Gasteiger partial charge is 0.231 e. The van der Waals surface area contributed by atoms with E-state index in [0.29, 0.717) is 24.6 Å². The number of fused-ring (bicyclic) bond motifs is 1. The van der Waals surface area contributed by atoms with Gasteiger partial charge in [0.1, 0.15) is 11.5 Å². The van der Waals surface area contributed by atoms with Crippen molar-refractivity contribution in [2.45, 2.75) is 6.42 Å². The third-order valence-corrected chi connectivity index (χ3v) is 5.52. The van der Waals surface area contributed by atoms with Gasteiger partial charge in [-0.25, -0.2) is 4.98 Å². The number of benzene rings is 2. The molecule has 0 fully saturated rings. The van der Waals surface area contributed by atoms with Crippen molar-refractivity contribution in [3.8, 4) is 22.8 Å². The molecule has 35 heavy (non-hydrogen) atoms. The quantitative estimate of drug-likeness (QED) is 0.318. The van der Waals surface area contributed by atoms with E-state index in [4.69, 9.17) is 20.2 Å². The molecule has 0 saturated heterocycles. The predicted octanol–water partition coefficient (Wildman–Crippen LogP) is 2.65. The summed E-state index contributed by atoms with van der Waals surface area (Å²) < 4.78 is 12.7. The summed E-state index contributed by atoms with van der Waals surface area (Å²) in [6.07, 6.45) is 6.21. The molecule has 2 aromatic heterocycles. The Morgan fingerprint density at radius 2 is 1.83 bits per heavy atom. The van der Waals surface area contributed by atoms with Crippen molar-refractivity contribution < 1.29 is 14.3 Å². The first kappa shape index (κ1) is 24.0. The minimum atomic E-state index is -0.378. The van der Waals surface area contributed by atoms with Gasteiger partial charge >= 0.3 is 0 Å². The van der Waals surface area contributed by atoms with Crippen LogP contribution in [-0.2, 0) is 11.8 Å². The Hall–Kier alpha value is -4.18. The average Bonchev–Trinajstić information content (AvgIpc) is 3.31. The van der Waals surface area contributed by atoms with E-state index < -0.39 is 0 Å². The Bertz CT molecular complexity index is 1300. The number of carbonyl (C=O) groups excluding carboxylic acids is 1. The molecule has 0 unspecified atom stereocenters. The first-order valence-electron chi connectivity index (χ1n) is 11.2. The summed E-state index contributed by atoms with van der Waals surface area (Å²) in [6, 6.07) is 11.7. The van der Waals surface area contributed by atoms with Gasteiger partial charge in [0.15, 0.2) is 0 Å². The Morgan fingerprint density at radius 3 is 2.49 bits per heavy atom. The van der Waals surface area contributed by atoms with Crippen LogP contribution in [0.15, 0.2) is 55.0 Å². The molecule has 0 saturated carbocycles. The molecule has 182 valence electrons. The lowest BCUT2D eigenvalue weighted by Gasteiger charge is -2.26. The van der Waals surface area contributed by atoms with E-state index in [2.05, 4.69) is 20.3 Å². The molecule has 0 atom stereocenters. The lowest BCUT2D eigenvalue weighted by Crippen LogP contribution is -2.31. The van der Waals surface area contributed by atoms with Crippen LogP contribution in [0.2, 0.25) is 0 Å². The summed E-state index contributed by atoms with van der Waals surface area (Å²) in [5, 5.41) is 7.30. The van der Waals surface area contributed by atoms with Crippen LogP contribution in [0.4, 0.5) is 11.4 Å². The van der Waals surface area contributed by atoms with E-state index in [0.717, 1.165) is 40.1 Å². The highest BCUT2D eigenvalue weighted by Gasteiger charge is 2.14. The van der Waals surface area contributed by atoms with Crippen molar-refractivity contribution in [2.75, 3.05) is 38.8 Å². The number of nitrogens with two attached hydrogens (primary N) is 1. The number of aromatic nitrogens is 4. The number of carbonyl (C=O) groups is 1. The van der Waals surface area contributed by atoms with Crippen LogP contribution in [0.3, 0.4) is 0 Å². The van der Waals surface area contributed by atoms with E-state index >= 15 is 0 Å². The molecule has 0 spiro atoms. The number of anilines is 2. The van der Waals surface area contributed by atoms with Gasteiger partial charge in [0, 0.05) is 54.9 Å². The third kappa shape index (κ3) is 5.85. The monoisotopic (exact) mass is 475 g/mol. The van der Waals surface area contributed by atoms with Crippen molar-refractivity contribution in [1.82, 2.24) is 25.1 Å². The van der Waals surface area contributed by atoms with Crippen LogP contribution in [0.1, 0.15) is 6.42 Å². The number of amides is 1. The molecular weight excluding hydrogens is 446 g/mol. The standard InChI is InChI=1S/C25H29N7O3/c1-31-16-17(13-29-31)24-14-28-22-6-5-18(11-23(22)30-24)32(8-4-7-27-15-25(26)33)19-9-20(34-2)12-21(10-19)35-3/h5-6,9-14,16,27H,4,7-8,15H2,1-3H3,(H2,26,33). The molecule has 2 heterocycles. The molecule has 0 radical (unpaired) electrons. The number of rotatable bonds is 11. The largest absolute Gasteiger partial charge is 0.497 e. The molecule has 2 aromatic carbocycles. The minimum Gasteiger partial charge on any atom is -0.497 e. The number of ether oxygens (including phenoxy) is 2. The SMILES string of the molecule is COc1cc(OC)cc(N(CCCNCC(N)=O)c2ccc3ncc(-c4cnn(C)c4)nc3c2)c1. The molecule has 10 heteroatoms. The third-order valence-electron chi connectivity index (χ3n) is 5.52. The van der Waals surface area contributed by atoms with Gasteiger partial charge in [0.05, 0.1) is 49.9 Å². The van der Waals surface area contributed by atoms with Gasteiger partial charge in [-0.2, -0.15) is 5.10 Å². The van der Waals surface area contributed by atoms with Gasteiger partial charge in [0.2, 0.25) is 5.91 Å². The first-order chi connectivity index (χ1) is 17.0. The fraction of sp³-hybridized carbons (Fsp3) is 0.280. The molecule has 4 rings (SSSR count). The van der Waals surface area contributed by atoms with Gasteiger partial charge in [-0.1, -0.05) is 0 Å². The van der Waals surface area contributed by atoms with Crippen LogP contribution in [0.5, 0.6) is 11.5 Å². The second kappa shape index (κ2) is 10.8. The molecule has 0 aliphatic heterocycles. The highest BCUT2D eigenvalue weighted by Crippen LogP contribution is 2.34. The number of nitrogens with one attached hydrogen (secondary N) is 1. The minimum absolute atomic E-state index is 0.148. The Kier molecular flexibility index (Phi) is 7.41. The average molecular weight is 476 g/mol. The predicted molar refractivity (Wildman–Crippen MR) is 135 cm³/mol. The van der Waals surface area contributed by atoms with E-state index in [1.165, 1.54) is 0 Å². The van der Waals surface area contributed by atoms with Crippen molar-refractivity contribution in [3.05, 3.63) is 55.0 Å². The molecule has 0 aliphatic carbocycles. The maximum atomic E-state index is 11.0. The van der Waals surface area contributed by atoms with Crippen molar-refractivity contribution >= 4 is 28.3 Å². The summed E-state index contributed by atoms with van der Waals surface area (Å²) >= 11 is 0. The lowest BCUT2D eigenvalue weighted by molar-refractivity contribution is -0.117. The van der Waals surface area contributed by atoms with Gasteiger partial charge in [-0.15, -0.1) is 0 Å². The highest BCUT2D eigenvalue weighted by molar-refractivity contribution is 5.82. The second-order valence-electron chi connectivity index (χ2n) is 8.05. The van der Waals surface area contributed by atoms with Crippen LogP contribution in [-0.4, -0.2) is 59.5 Å². The Labute approximate surface area is 203 Å². The number of methoxy groups -OCH3 is 2. The molecular formula is C25H29N7O3. The topological polar surface area (TPSA) is 120 Å². The fourth-order valence-corrected chi connectivity index (χ4v) is 3.79. The van der Waals surface area contributed by atoms with Gasteiger partial charge < -0.3 is 25.4 Å². The summed E-state index contributed by atoms with van der Waals surface area (Å²) in [5.74, 6) is 1.00. The van der Waals surface area contributed by atoms with E-state index in [1.54, 1.807) is 31.3 Å². The van der Waals surface area contributed by atoms with Crippen molar-refractivity contribution in [1.29, 1.82) is 0 Å². The van der Waals surface area contributed by atoms with Gasteiger partial charge in [-0.05, 0) is 31.2 Å². The number of aryl methyl sites for hydroxylation is 1. The number of hydrogen-bond donors (Lipinski definition) is 2. The molecule has 1 amide bonds. The molecule has 0 bridgehead atoms. The molecule has 10 nitrogen and oxygen atoms in total. The van der Waals surface area contributed by atoms with Gasteiger partial charge in [-0.3, -0.25) is 14.5 Å².